The van der Waals surface area contributed by atoms with Crippen LogP contribution in [0.25, 0.3) is 10.8 Å². The van der Waals surface area contributed by atoms with Gasteiger partial charge in [-0.1, -0.05) is 25.7 Å². The highest BCUT2D eigenvalue weighted by atomic mass is 32.1. The van der Waals surface area contributed by atoms with Crippen molar-refractivity contribution in [3.63, 3.8) is 0 Å². The number of H-pyrrole nitrogens is 1. The third-order valence-corrected chi connectivity index (χ3v) is 4.82. The molecule has 1 aliphatic rings. The molecule has 1 saturated carbocycles. The number of carbonyl (C=O) groups excluding carboxylic acids is 1. The van der Waals surface area contributed by atoms with Gasteiger partial charge in [-0.2, -0.15) is 5.10 Å². The highest BCUT2D eigenvalue weighted by molar-refractivity contribution is 7.13. The molecule has 0 aromatic carbocycles. The molecule has 0 spiro atoms. The van der Waals surface area contributed by atoms with E-state index in [0.717, 1.165) is 38.5 Å². The molecule has 2 aromatic rings. The molecule has 0 unspecified atom stereocenters. The monoisotopic (exact) mass is 321 g/mol. The summed E-state index contributed by atoms with van der Waals surface area (Å²) in [5, 5.41) is 22.1. The summed E-state index contributed by atoms with van der Waals surface area (Å²) in [6, 6.07) is 0. The second-order valence-corrected chi connectivity index (χ2v) is 6.55. The van der Waals surface area contributed by atoms with Crippen LogP contribution in [0.2, 0.25) is 0 Å². The Morgan fingerprint density at radius 2 is 2.14 bits per heavy atom. The average Bonchev–Trinajstić information content (AvgIpc) is 3.15. The van der Waals surface area contributed by atoms with Crippen LogP contribution in [-0.2, 0) is 0 Å². The lowest BCUT2D eigenvalue weighted by atomic mass is 9.94. The fourth-order valence-corrected chi connectivity index (χ4v) is 3.44. The second-order valence-electron chi connectivity index (χ2n) is 5.69. The van der Waals surface area contributed by atoms with Gasteiger partial charge in [0.25, 0.3) is 5.91 Å². The van der Waals surface area contributed by atoms with Crippen LogP contribution in [0.4, 0.5) is 0 Å². The van der Waals surface area contributed by atoms with E-state index in [4.69, 9.17) is 0 Å². The van der Waals surface area contributed by atoms with Crippen LogP contribution in [0.3, 0.4) is 0 Å². The predicted octanol–water partition coefficient (Wildman–Crippen LogP) is 1.74. The largest absolute Gasteiger partial charge is 0.388 e. The Balaban J connectivity index is 1.60. The van der Waals surface area contributed by atoms with E-state index in [1.807, 2.05) is 0 Å². The molecule has 0 radical (unpaired) electrons. The maximum absolute atomic E-state index is 12.2. The van der Waals surface area contributed by atoms with Crippen molar-refractivity contribution in [1.82, 2.24) is 25.5 Å². The van der Waals surface area contributed by atoms with Crippen molar-refractivity contribution in [3.05, 3.63) is 17.4 Å². The third kappa shape index (κ3) is 3.50. The Morgan fingerprint density at radius 3 is 2.82 bits per heavy atom. The first-order valence-electron chi connectivity index (χ1n) is 7.48. The molecular weight excluding hydrogens is 302 g/mol. The van der Waals surface area contributed by atoms with Gasteiger partial charge in [-0.3, -0.25) is 9.89 Å². The number of aliphatic hydroxyl groups is 1. The predicted molar refractivity (Wildman–Crippen MR) is 82.5 cm³/mol. The van der Waals surface area contributed by atoms with Crippen LogP contribution in [0.1, 0.15) is 49.0 Å². The minimum absolute atomic E-state index is 0.264. The maximum atomic E-state index is 12.2. The van der Waals surface area contributed by atoms with Crippen LogP contribution in [0, 0.1) is 0 Å². The molecule has 3 rings (SSSR count). The van der Waals surface area contributed by atoms with Crippen LogP contribution in [0.15, 0.2) is 11.7 Å². The number of amides is 1. The number of nitrogens with zero attached hydrogens (tertiary/aromatic N) is 3. The van der Waals surface area contributed by atoms with Gasteiger partial charge < -0.3 is 10.4 Å². The second kappa shape index (κ2) is 6.53. The molecule has 118 valence electrons. The van der Waals surface area contributed by atoms with Crippen LogP contribution in [0.5, 0.6) is 0 Å². The summed E-state index contributed by atoms with van der Waals surface area (Å²) >= 11 is 1.33. The number of nitrogens with one attached hydrogen (secondary N) is 2. The third-order valence-electron chi connectivity index (χ3n) is 3.97. The molecule has 1 fully saturated rings. The Morgan fingerprint density at radius 1 is 1.36 bits per heavy atom. The van der Waals surface area contributed by atoms with Gasteiger partial charge in [0.15, 0.2) is 10.8 Å². The zero-order valence-electron chi connectivity index (χ0n) is 12.2. The lowest BCUT2D eigenvalue weighted by molar-refractivity contribution is 0.0246. The number of hydrogen-bond donors (Lipinski definition) is 3. The smallest absolute Gasteiger partial charge is 0.270 e. The highest BCUT2D eigenvalue weighted by Crippen LogP contribution is 2.26. The fourth-order valence-electron chi connectivity index (χ4n) is 2.69. The zero-order valence-corrected chi connectivity index (χ0v) is 13.0. The number of aromatic nitrogens is 4. The lowest BCUT2D eigenvalue weighted by Gasteiger charge is -2.26. The maximum Gasteiger partial charge on any atom is 0.270 e. The summed E-state index contributed by atoms with van der Waals surface area (Å²) in [6.07, 6.45) is 7.22. The van der Waals surface area contributed by atoms with Crippen molar-refractivity contribution in [2.24, 2.45) is 0 Å². The summed E-state index contributed by atoms with van der Waals surface area (Å²) in [5.41, 5.74) is -0.440. The quantitative estimate of drug-likeness (QED) is 0.744. The van der Waals surface area contributed by atoms with E-state index in [-0.39, 0.29) is 12.5 Å². The minimum Gasteiger partial charge on any atom is -0.388 e. The summed E-state index contributed by atoms with van der Waals surface area (Å²) in [4.78, 5) is 20.4. The topological polar surface area (TPSA) is 104 Å². The van der Waals surface area contributed by atoms with Crippen molar-refractivity contribution in [1.29, 1.82) is 0 Å². The number of rotatable bonds is 4. The van der Waals surface area contributed by atoms with Crippen LogP contribution in [-0.4, -0.2) is 43.3 Å². The SMILES string of the molecule is O=C(NCC1(O)CCCCCC1)c1csc(-c2ncn[nH]2)n1. The molecule has 0 bridgehead atoms. The van der Waals surface area contributed by atoms with E-state index in [1.165, 1.54) is 17.7 Å². The van der Waals surface area contributed by atoms with Crippen molar-refractivity contribution < 1.29 is 9.90 Å². The number of aromatic amines is 1. The molecule has 0 saturated heterocycles. The zero-order chi connectivity index (χ0) is 15.4. The van der Waals surface area contributed by atoms with Crippen LogP contribution >= 0.6 is 11.3 Å². The summed E-state index contributed by atoms with van der Waals surface area (Å²) < 4.78 is 0. The van der Waals surface area contributed by atoms with Crippen molar-refractivity contribution in [2.75, 3.05) is 6.54 Å². The molecule has 2 heterocycles. The van der Waals surface area contributed by atoms with Crippen molar-refractivity contribution in [3.8, 4) is 10.8 Å². The molecule has 2 aromatic heterocycles. The first-order valence-corrected chi connectivity index (χ1v) is 8.36. The Kier molecular flexibility index (Phi) is 4.49. The van der Waals surface area contributed by atoms with E-state index in [9.17, 15) is 9.90 Å². The van der Waals surface area contributed by atoms with Gasteiger partial charge in [0, 0.05) is 11.9 Å². The van der Waals surface area contributed by atoms with Crippen LogP contribution < -0.4 is 5.32 Å². The van der Waals surface area contributed by atoms with E-state index >= 15 is 0 Å². The van der Waals surface area contributed by atoms with Gasteiger partial charge in [-0.25, -0.2) is 9.97 Å². The molecule has 1 amide bonds. The minimum atomic E-state index is -0.782. The van der Waals surface area contributed by atoms with E-state index in [1.54, 1.807) is 5.38 Å². The molecule has 1 aliphatic carbocycles. The van der Waals surface area contributed by atoms with E-state index in [0.29, 0.717) is 16.5 Å². The van der Waals surface area contributed by atoms with Crippen molar-refractivity contribution >= 4 is 17.2 Å². The van der Waals surface area contributed by atoms with Crippen molar-refractivity contribution in [2.45, 2.75) is 44.1 Å². The fraction of sp³-hybridized carbons (Fsp3) is 0.571. The molecule has 8 heteroatoms. The lowest BCUT2D eigenvalue weighted by Crippen LogP contribution is -2.42. The van der Waals surface area contributed by atoms with Gasteiger partial charge in [0.2, 0.25) is 0 Å². The number of carbonyl (C=O) groups is 1. The molecule has 0 atom stereocenters. The average molecular weight is 321 g/mol. The Hall–Kier alpha value is -1.80. The molecule has 22 heavy (non-hydrogen) atoms. The van der Waals surface area contributed by atoms with Gasteiger partial charge >= 0.3 is 0 Å². The molecule has 7 nitrogen and oxygen atoms in total. The standard InChI is InChI=1S/C14H19N5O2S/c20-12(15-8-14(21)5-3-1-2-4-6-14)10-7-22-13(18-10)11-16-9-17-19-11/h7,9,21H,1-6,8H2,(H,15,20)(H,16,17,19). The molecular formula is C14H19N5O2S. The van der Waals surface area contributed by atoms with E-state index < -0.39 is 5.60 Å². The van der Waals surface area contributed by atoms with E-state index in [2.05, 4.69) is 25.5 Å². The molecule has 3 N–H and O–H groups in total. The number of thiazole rings is 1. The Bertz CT molecular complexity index is 617. The Labute approximate surface area is 132 Å². The highest BCUT2D eigenvalue weighted by Gasteiger charge is 2.28. The normalized spacial score (nSPS) is 17.9. The van der Waals surface area contributed by atoms with Gasteiger partial charge in [-0.05, 0) is 12.8 Å². The van der Waals surface area contributed by atoms with Gasteiger partial charge in [0.1, 0.15) is 12.0 Å². The summed E-state index contributed by atoms with van der Waals surface area (Å²) in [5.74, 6) is 0.283. The first-order chi connectivity index (χ1) is 10.7. The summed E-state index contributed by atoms with van der Waals surface area (Å²) in [7, 11) is 0. The summed E-state index contributed by atoms with van der Waals surface area (Å²) in [6.45, 7) is 0.279. The van der Waals surface area contributed by atoms with Gasteiger partial charge in [-0.15, -0.1) is 11.3 Å². The van der Waals surface area contributed by atoms with Gasteiger partial charge in [0.05, 0.1) is 5.60 Å². The number of hydrogen-bond acceptors (Lipinski definition) is 6. The first kappa shape index (κ1) is 15.1. The molecule has 0 aliphatic heterocycles.